The molecular formula is C9H8BrN. The van der Waals surface area contributed by atoms with Crippen LogP contribution in [0, 0.1) is 12.3 Å². The molecule has 1 rings (SSSR count). The largest absolute Gasteiger partial charge is 0.314 e. The lowest BCUT2D eigenvalue weighted by atomic mass is 10.1. The number of rotatable bonds is 1. The molecule has 0 aromatic heterocycles. The second-order valence-electron chi connectivity index (χ2n) is 2.20. The van der Waals surface area contributed by atoms with E-state index in [0.717, 1.165) is 10.0 Å². The third-order valence-corrected chi connectivity index (χ3v) is 1.88. The van der Waals surface area contributed by atoms with Gasteiger partial charge in [-0.15, -0.1) is 6.42 Å². The number of benzene rings is 1. The zero-order valence-electron chi connectivity index (χ0n) is 5.92. The van der Waals surface area contributed by atoms with E-state index in [2.05, 4.69) is 21.9 Å². The first-order chi connectivity index (χ1) is 5.24. The Morgan fingerprint density at radius 1 is 1.55 bits per heavy atom. The highest BCUT2D eigenvalue weighted by Gasteiger charge is 2.00. The molecule has 0 saturated carbocycles. The van der Waals surface area contributed by atoms with Crippen molar-refractivity contribution in [1.29, 1.82) is 0 Å². The lowest BCUT2D eigenvalue weighted by molar-refractivity contribution is 0.945. The molecule has 1 atom stereocenters. The fourth-order valence-corrected chi connectivity index (χ4v) is 1.21. The molecule has 0 amide bonds. The Kier molecular flexibility index (Phi) is 2.70. The SMILES string of the molecule is C#C[C@H](N)c1cccc(Br)c1. The van der Waals surface area contributed by atoms with Gasteiger partial charge in [0.05, 0.1) is 6.04 Å². The van der Waals surface area contributed by atoms with E-state index < -0.39 is 0 Å². The van der Waals surface area contributed by atoms with Crippen LogP contribution in [0.25, 0.3) is 0 Å². The number of hydrogen-bond acceptors (Lipinski definition) is 1. The molecule has 0 fully saturated rings. The Hall–Kier alpha value is -0.780. The minimum Gasteiger partial charge on any atom is -0.314 e. The van der Waals surface area contributed by atoms with Crippen molar-refractivity contribution in [3.8, 4) is 12.3 Å². The first-order valence-corrected chi connectivity index (χ1v) is 4.00. The van der Waals surface area contributed by atoms with E-state index in [4.69, 9.17) is 12.2 Å². The molecule has 56 valence electrons. The van der Waals surface area contributed by atoms with Crippen LogP contribution in [-0.4, -0.2) is 0 Å². The summed E-state index contributed by atoms with van der Waals surface area (Å²) in [6, 6.07) is 7.39. The van der Waals surface area contributed by atoms with Gasteiger partial charge in [0.15, 0.2) is 0 Å². The van der Waals surface area contributed by atoms with Gasteiger partial charge < -0.3 is 5.73 Å². The van der Waals surface area contributed by atoms with Crippen LogP contribution in [-0.2, 0) is 0 Å². The molecule has 1 nitrogen and oxygen atoms in total. The molecule has 0 unspecified atom stereocenters. The molecule has 11 heavy (non-hydrogen) atoms. The fourth-order valence-electron chi connectivity index (χ4n) is 0.796. The van der Waals surface area contributed by atoms with Crippen LogP contribution in [0.1, 0.15) is 11.6 Å². The Labute approximate surface area is 74.7 Å². The van der Waals surface area contributed by atoms with E-state index >= 15 is 0 Å². The molecule has 0 spiro atoms. The highest BCUT2D eigenvalue weighted by Crippen LogP contribution is 2.15. The van der Waals surface area contributed by atoms with Crippen molar-refractivity contribution in [3.05, 3.63) is 34.3 Å². The molecule has 0 heterocycles. The van der Waals surface area contributed by atoms with Crippen molar-refractivity contribution < 1.29 is 0 Å². The summed E-state index contributed by atoms with van der Waals surface area (Å²) in [4.78, 5) is 0. The molecule has 0 aliphatic heterocycles. The molecule has 0 aliphatic rings. The van der Waals surface area contributed by atoms with Gasteiger partial charge in [0.1, 0.15) is 0 Å². The zero-order chi connectivity index (χ0) is 8.27. The van der Waals surface area contributed by atoms with E-state index in [9.17, 15) is 0 Å². The van der Waals surface area contributed by atoms with Crippen molar-refractivity contribution in [1.82, 2.24) is 0 Å². The minimum atomic E-state index is -0.299. The molecule has 1 aromatic carbocycles. The lowest BCUT2D eigenvalue weighted by Crippen LogP contribution is -2.06. The average molecular weight is 210 g/mol. The molecule has 0 bridgehead atoms. The van der Waals surface area contributed by atoms with Crippen LogP contribution in [0.3, 0.4) is 0 Å². The summed E-state index contributed by atoms with van der Waals surface area (Å²) < 4.78 is 1.00. The van der Waals surface area contributed by atoms with E-state index in [1.165, 1.54) is 0 Å². The molecule has 0 radical (unpaired) electrons. The van der Waals surface area contributed by atoms with Gasteiger partial charge in [-0.3, -0.25) is 0 Å². The van der Waals surface area contributed by atoms with Crippen molar-refractivity contribution >= 4 is 15.9 Å². The summed E-state index contributed by atoms with van der Waals surface area (Å²) in [6.07, 6.45) is 5.16. The molecule has 0 saturated heterocycles. The van der Waals surface area contributed by atoms with Crippen molar-refractivity contribution in [2.45, 2.75) is 6.04 Å². The van der Waals surface area contributed by atoms with Gasteiger partial charge in [-0.1, -0.05) is 34.0 Å². The van der Waals surface area contributed by atoms with Crippen molar-refractivity contribution in [2.24, 2.45) is 5.73 Å². The topological polar surface area (TPSA) is 26.0 Å². The molecule has 1 aromatic rings. The summed E-state index contributed by atoms with van der Waals surface area (Å²) in [7, 11) is 0. The Morgan fingerprint density at radius 2 is 2.27 bits per heavy atom. The highest BCUT2D eigenvalue weighted by atomic mass is 79.9. The smallest absolute Gasteiger partial charge is 0.0918 e. The van der Waals surface area contributed by atoms with Crippen LogP contribution >= 0.6 is 15.9 Å². The Bertz CT molecular complexity index is 288. The Balaban J connectivity index is 2.98. The van der Waals surface area contributed by atoms with E-state index in [0.29, 0.717) is 0 Å². The maximum absolute atomic E-state index is 5.61. The standard InChI is InChI=1S/C9H8BrN/c1-2-9(11)7-4-3-5-8(10)6-7/h1,3-6,9H,11H2/t9-/m0/s1. The van der Waals surface area contributed by atoms with Crippen LogP contribution in [0.15, 0.2) is 28.7 Å². The van der Waals surface area contributed by atoms with Crippen molar-refractivity contribution in [2.75, 3.05) is 0 Å². The summed E-state index contributed by atoms with van der Waals surface area (Å²) in [6.45, 7) is 0. The van der Waals surface area contributed by atoms with Gasteiger partial charge in [-0.2, -0.15) is 0 Å². The quantitative estimate of drug-likeness (QED) is 0.705. The zero-order valence-corrected chi connectivity index (χ0v) is 7.51. The number of hydrogen-bond donors (Lipinski definition) is 1. The van der Waals surface area contributed by atoms with Crippen LogP contribution < -0.4 is 5.73 Å². The van der Waals surface area contributed by atoms with Gasteiger partial charge >= 0.3 is 0 Å². The number of terminal acetylenes is 1. The lowest BCUT2D eigenvalue weighted by Gasteiger charge is -2.03. The number of halogens is 1. The van der Waals surface area contributed by atoms with Crippen LogP contribution in [0.5, 0.6) is 0 Å². The second kappa shape index (κ2) is 3.56. The number of nitrogens with two attached hydrogens (primary N) is 1. The fraction of sp³-hybridized carbons (Fsp3) is 0.111. The monoisotopic (exact) mass is 209 g/mol. The predicted molar refractivity (Wildman–Crippen MR) is 49.9 cm³/mol. The van der Waals surface area contributed by atoms with Crippen LogP contribution in [0.2, 0.25) is 0 Å². The third kappa shape index (κ3) is 2.07. The molecule has 2 heteroatoms. The predicted octanol–water partition coefficient (Wildman–Crippen LogP) is 2.08. The molecule has 0 aliphatic carbocycles. The summed E-state index contributed by atoms with van der Waals surface area (Å²) >= 11 is 3.34. The normalized spacial score (nSPS) is 12.1. The van der Waals surface area contributed by atoms with E-state index in [1.54, 1.807) is 0 Å². The Morgan fingerprint density at radius 3 is 2.82 bits per heavy atom. The van der Waals surface area contributed by atoms with Gasteiger partial charge in [0, 0.05) is 4.47 Å². The van der Waals surface area contributed by atoms with Gasteiger partial charge in [-0.05, 0) is 17.7 Å². The molecule has 2 N–H and O–H groups in total. The molecular weight excluding hydrogens is 202 g/mol. The first-order valence-electron chi connectivity index (χ1n) is 3.21. The van der Waals surface area contributed by atoms with E-state index in [1.807, 2.05) is 24.3 Å². The average Bonchev–Trinajstić information content (AvgIpc) is 2.03. The summed E-state index contributed by atoms with van der Waals surface area (Å²) in [5, 5.41) is 0. The van der Waals surface area contributed by atoms with Gasteiger partial charge in [0.25, 0.3) is 0 Å². The third-order valence-electron chi connectivity index (χ3n) is 1.39. The summed E-state index contributed by atoms with van der Waals surface area (Å²) in [5.74, 6) is 2.47. The van der Waals surface area contributed by atoms with E-state index in [-0.39, 0.29) is 6.04 Å². The maximum Gasteiger partial charge on any atom is 0.0918 e. The van der Waals surface area contributed by atoms with Crippen molar-refractivity contribution in [3.63, 3.8) is 0 Å². The minimum absolute atomic E-state index is 0.299. The van der Waals surface area contributed by atoms with Gasteiger partial charge in [-0.25, -0.2) is 0 Å². The van der Waals surface area contributed by atoms with Crippen LogP contribution in [0.4, 0.5) is 0 Å². The maximum atomic E-state index is 5.61. The first kappa shape index (κ1) is 8.32. The summed E-state index contributed by atoms with van der Waals surface area (Å²) in [5.41, 5.74) is 6.57. The highest BCUT2D eigenvalue weighted by molar-refractivity contribution is 9.10. The second-order valence-corrected chi connectivity index (χ2v) is 3.12. The van der Waals surface area contributed by atoms with Gasteiger partial charge in [0.2, 0.25) is 0 Å².